The predicted octanol–water partition coefficient (Wildman–Crippen LogP) is 0.654. The molecule has 0 bridgehead atoms. The normalized spacial score (nSPS) is 10.3. The Morgan fingerprint density at radius 1 is 1.50 bits per heavy atom. The fourth-order valence-electron chi connectivity index (χ4n) is 0.906. The van der Waals surface area contributed by atoms with Crippen LogP contribution in [0.5, 0.6) is 0 Å². The molecule has 10 heavy (non-hydrogen) atoms. The lowest BCUT2D eigenvalue weighted by Crippen LogP contribution is -2.33. The van der Waals surface area contributed by atoms with Crippen LogP contribution in [-0.4, -0.2) is 30.4 Å². The molecule has 0 aliphatic carbocycles. The van der Waals surface area contributed by atoms with Gasteiger partial charge in [0.2, 0.25) is 0 Å². The van der Waals surface area contributed by atoms with E-state index in [9.17, 15) is 0 Å². The third-order valence-electron chi connectivity index (χ3n) is 1.38. The highest BCUT2D eigenvalue weighted by atomic mass is 15.1. The Bertz CT molecular complexity index is 101. The van der Waals surface area contributed by atoms with Crippen LogP contribution in [0.15, 0.2) is 0 Å². The number of amidine groups is 1. The zero-order valence-electron chi connectivity index (χ0n) is 6.85. The lowest BCUT2D eigenvalue weighted by atomic mass is 10.4. The minimum Gasteiger partial charge on any atom is -0.387 e. The molecule has 0 aliphatic rings. The van der Waals surface area contributed by atoms with E-state index >= 15 is 0 Å². The van der Waals surface area contributed by atoms with Gasteiger partial charge in [-0.1, -0.05) is 13.8 Å². The highest BCUT2D eigenvalue weighted by Crippen LogP contribution is 1.88. The lowest BCUT2D eigenvalue weighted by molar-refractivity contribution is 0.327. The molecule has 0 aromatic carbocycles. The van der Waals surface area contributed by atoms with Gasteiger partial charge in [-0.3, -0.25) is 10.3 Å². The summed E-state index contributed by atoms with van der Waals surface area (Å²) in [4.78, 5) is 2.16. The Labute approximate surface area is 62.7 Å². The Hall–Kier alpha value is -0.570. The number of likely N-dealkylation sites (N-methyl/N-ethyl adjacent to an activating group) is 1. The van der Waals surface area contributed by atoms with Crippen molar-refractivity contribution in [3.63, 3.8) is 0 Å². The minimum absolute atomic E-state index is 0.260. The van der Waals surface area contributed by atoms with E-state index in [0.717, 1.165) is 19.5 Å². The molecule has 3 heteroatoms. The molecule has 0 rings (SSSR count). The van der Waals surface area contributed by atoms with Gasteiger partial charge in [0.05, 0.1) is 6.54 Å². The molecule has 0 heterocycles. The van der Waals surface area contributed by atoms with Crippen LogP contribution in [0.25, 0.3) is 0 Å². The van der Waals surface area contributed by atoms with Gasteiger partial charge in [0.25, 0.3) is 0 Å². The van der Waals surface area contributed by atoms with Crippen LogP contribution in [0.4, 0.5) is 0 Å². The first kappa shape index (κ1) is 9.43. The van der Waals surface area contributed by atoms with Gasteiger partial charge in [0.1, 0.15) is 5.84 Å². The first-order chi connectivity index (χ1) is 4.70. The zero-order chi connectivity index (χ0) is 7.98. The maximum absolute atomic E-state index is 7.04. The van der Waals surface area contributed by atoms with Gasteiger partial charge in [-0.25, -0.2) is 0 Å². The van der Waals surface area contributed by atoms with E-state index in [-0.39, 0.29) is 5.84 Å². The van der Waals surface area contributed by atoms with E-state index in [2.05, 4.69) is 18.7 Å². The standard InChI is InChI=1S/C7H17N3/c1-3-5-10(4-2)6-7(8)9/h3-6H2,1-2H3,(H3,8,9). The van der Waals surface area contributed by atoms with E-state index in [4.69, 9.17) is 11.1 Å². The summed E-state index contributed by atoms with van der Waals surface area (Å²) >= 11 is 0. The predicted molar refractivity (Wildman–Crippen MR) is 44.3 cm³/mol. The number of hydrogen-bond donors (Lipinski definition) is 2. The van der Waals surface area contributed by atoms with Crippen LogP contribution in [-0.2, 0) is 0 Å². The number of nitrogens with one attached hydrogen (secondary N) is 1. The van der Waals surface area contributed by atoms with Crippen molar-refractivity contribution in [1.29, 1.82) is 5.41 Å². The maximum atomic E-state index is 7.04. The molecule has 3 nitrogen and oxygen atoms in total. The first-order valence-electron chi connectivity index (χ1n) is 3.76. The van der Waals surface area contributed by atoms with Gasteiger partial charge in [0, 0.05) is 0 Å². The third kappa shape index (κ3) is 4.32. The number of rotatable bonds is 5. The number of nitrogens with two attached hydrogens (primary N) is 1. The fourth-order valence-corrected chi connectivity index (χ4v) is 0.906. The largest absolute Gasteiger partial charge is 0.387 e. The Kier molecular flexibility index (Phi) is 4.94. The topological polar surface area (TPSA) is 53.1 Å². The molecule has 0 aliphatic heterocycles. The van der Waals surface area contributed by atoms with Gasteiger partial charge in [-0.05, 0) is 19.5 Å². The second-order valence-electron chi connectivity index (χ2n) is 2.39. The van der Waals surface area contributed by atoms with Gasteiger partial charge in [-0.2, -0.15) is 0 Å². The summed E-state index contributed by atoms with van der Waals surface area (Å²) in [6.45, 7) is 6.84. The zero-order valence-corrected chi connectivity index (χ0v) is 6.85. The summed E-state index contributed by atoms with van der Waals surface area (Å²) in [5.41, 5.74) is 5.24. The molecular formula is C7H17N3. The SMILES string of the molecule is CCCN(CC)CC(=N)N. The second-order valence-corrected chi connectivity index (χ2v) is 2.39. The molecule has 0 atom stereocenters. The van der Waals surface area contributed by atoms with Crippen LogP contribution in [0.1, 0.15) is 20.3 Å². The summed E-state index contributed by atoms with van der Waals surface area (Å²) < 4.78 is 0. The average molecular weight is 143 g/mol. The summed E-state index contributed by atoms with van der Waals surface area (Å²) in [5.74, 6) is 0.260. The minimum atomic E-state index is 0.260. The van der Waals surface area contributed by atoms with Crippen LogP contribution < -0.4 is 5.73 Å². The van der Waals surface area contributed by atoms with E-state index < -0.39 is 0 Å². The van der Waals surface area contributed by atoms with Gasteiger partial charge in [0.15, 0.2) is 0 Å². The monoisotopic (exact) mass is 143 g/mol. The molecule has 0 amide bonds. The van der Waals surface area contributed by atoms with Crippen molar-refractivity contribution in [2.45, 2.75) is 20.3 Å². The second kappa shape index (κ2) is 5.23. The van der Waals surface area contributed by atoms with Gasteiger partial charge in [-0.15, -0.1) is 0 Å². The summed E-state index contributed by atoms with van der Waals surface area (Å²) in [7, 11) is 0. The molecule has 3 N–H and O–H groups in total. The van der Waals surface area contributed by atoms with Crippen LogP contribution in [0.2, 0.25) is 0 Å². The maximum Gasteiger partial charge on any atom is 0.105 e. The van der Waals surface area contributed by atoms with Crippen LogP contribution >= 0.6 is 0 Å². The molecule has 0 aromatic rings. The molecule has 0 spiro atoms. The van der Waals surface area contributed by atoms with Crippen molar-refractivity contribution in [3.05, 3.63) is 0 Å². The van der Waals surface area contributed by atoms with E-state index in [0.29, 0.717) is 6.54 Å². The van der Waals surface area contributed by atoms with Crippen molar-refractivity contribution >= 4 is 5.84 Å². The van der Waals surface area contributed by atoms with E-state index in [1.54, 1.807) is 0 Å². The molecule has 0 saturated carbocycles. The quantitative estimate of drug-likeness (QED) is 0.438. The Balaban J connectivity index is 3.49. The average Bonchev–Trinajstić information content (AvgIpc) is 1.86. The first-order valence-corrected chi connectivity index (χ1v) is 3.76. The molecule has 0 aromatic heterocycles. The summed E-state index contributed by atoms with van der Waals surface area (Å²) in [6.07, 6.45) is 1.13. The van der Waals surface area contributed by atoms with Crippen molar-refractivity contribution < 1.29 is 0 Å². The molecule has 0 unspecified atom stereocenters. The van der Waals surface area contributed by atoms with Gasteiger partial charge >= 0.3 is 0 Å². The van der Waals surface area contributed by atoms with Crippen LogP contribution in [0, 0.1) is 5.41 Å². The van der Waals surface area contributed by atoms with E-state index in [1.807, 2.05) is 0 Å². The fraction of sp³-hybridized carbons (Fsp3) is 0.857. The molecular weight excluding hydrogens is 126 g/mol. The molecule has 0 radical (unpaired) electrons. The Morgan fingerprint density at radius 2 is 2.10 bits per heavy atom. The lowest BCUT2D eigenvalue weighted by Gasteiger charge is -2.17. The summed E-state index contributed by atoms with van der Waals surface area (Å²) in [6, 6.07) is 0. The van der Waals surface area contributed by atoms with Crippen molar-refractivity contribution in [2.24, 2.45) is 5.73 Å². The molecule has 60 valence electrons. The molecule has 0 fully saturated rings. The highest BCUT2D eigenvalue weighted by molar-refractivity contribution is 5.78. The smallest absolute Gasteiger partial charge is 0.105 e. The number of nitrogens with zero attached hydrogens (tertiary/aromatic N) is 1. The highest BCUT2D eigenvalue weighted by Gasteiger charge is 2.00. The van der Waals surface area contributed by atoms with Crippen LogP contribution in [0.3, 0.4) is 0 Å². The van der Waals surface area contributed by atoms with Gasteiger partial charge < -0.3 is 5.73 Å². The van der Waals surface area contributed by atoms with Crippen molar-refractivity contribution in [1.82, 2.24) is 4.90 Å². The molecule has 0 saturated heterocycles. The third-order valence-corrected chi connectivity index (χ3v) is 1.38. The summed E-state index contributed by atoms with van der Waals surface area (Å²) in [5, 5.41) is 7.04. The van der Waals surface area contributed by atoms with Crippen molar-refractivity contribution in [2.75, 3.05) is 19.6 Å². The van der Waals surface area contributed by atoms with Crippen molar-refractivity contribution in [3.8, 4) is 0 Å². The van der Waals surface area contributed by atoms with E-state index in [1.165, 1.54) is 0 Å². The number of hydrogen-bond acceptors (Lipinski definition) is 2. The Morgan fingerprint density at radius 3 is 2.40 bits per heavy atom.